The standard InChI is InChI=1S/C12H15N3O/c1-2-12(16)15-6-4-3-5-11(15)10-7-13-9-14-8-10/h2,7-9,11H,1,3-6H2. The molecule has 2 heterocycles. The molecule has 0 aliphatic carbocycles. The van der Waals surface area contributed by atoms with Crippen LogP contribution in [-0.4, -0.2) is 27.3 Å². The molecule has 4 nitrogen and oxygen atoms in total. The zero-order chi connectivity index (χ0) is 11.4. The van der Waals surface area contributed by atoms with Crippen molar-refractivity contribution in [2.45, 2.75) is 25.3 Å². The van der Waals surface area contributed by atoms with Gasteiger partial charge in [-0.05, 0) is 25.3 Å². The fourth-order valence-corrected chi connectivity index (χ4v) is 2.14. The minimum atomic E-state index is -0.00597. The Labute approximate surface area is 95.0 Å². The maximum absolute atomic E-state index is 11.7. The highest BCUT2D eigenvalue weighted by molar-refractivity contribution is 5.87. The van der Waals surface area contributed by atoms with E-state index in [-0.39, 0.29) is 11.9 Å². The van der Waals surface area contributed by atoms with Crippen molar-refractivity contribution in [3.8, 4) is 0 Å². The summed E-state index contributed by atoms with van der Waals surface area (Å²) in [4.78, 5) is 21.6. The number of hydrogen-bond donors (Lipinski definition) is 0. The van der Waals surface area contributed by atoms with Crippen molar-refractivity contribution < 1.29 is 4.79 Å². The first kappa shape index (κ1) is 10.8. The Bertz CT molecular complexity index is 377. The van der Waals surface area contributed by atoms with Gasteiger partial charge in [0, 0.05) is 24.5 Å². The van der Waals surface area contributed by atoms with Crippen molar-refractivity contribution >= 4 is 5.91 Å². The van der Waals surface area contributed by atoms with Crippen LogP contribution in [0.15, 0.2) is 31.4 Å². The van der Waals surface area contributed by atoms with E-state index >= 15 is 0 Å². The number of piperidine rings is 1. The minimum Gasteiger partial charge on any atom is -0.332 e. The van der Waals surface area contributed by atoms with E-state index in [1.54, 1.807) is 12.4 Å². The second kappa shape index (κ2) is 4.88. The molecule has 0 saturated carbocycles. The fourth-order valence-electron chi connectivity index (χ4n) is 2.14. The van der Waals surface area contributed by atoms with Crippen molar-refractivity contribution in [3.05, 3.63) is 36.9 Å². The fraction of sp³-hybridized carbons (Fsp3) is 0.417. The third-order valence-electron chi connectivity index (χ3n) is 2.93. The maximum Gasteiger partial charge on any atom is 0.246 e. The van der Waals surface area contributed by atoms with Crippen LogP contribution in [-0.2, 0) is 4.79 Å². The van der Waals surface area contributed by atoms with Crippen LogP contribution >= 0.6 is 0 Å². The first-order chi connectivity index (χ1) is 7.83. The van der Waals surface area contributed by atoms with Crippen LogP contribution in [0.1, 0.15) is 30.9 Å². The molecule has 2 rings (SSSR count). The molecule has 1 aromatic rings. The van der Waals surface area contributed by atoms with Gasteiger partial charge < -0.3 is 4.90 Å². The van der Waals surface area contributed by atoms with Gasteiger partial charge in [-0.15, -0.1) is 0 Å². The molecule has 84 valence electrons. The number of aromatic nitrogens is 2. The first-order valence-electron chi connectivity index (χ1n) is 5.51. The monoisotopic (exact) mass is 217 g/mol. The van der Waals surface area contributed by atoms with Crippen molar-refractivity contribution in [2.75, 3.05) is 6.54 Å². The van der Waals surface area contributed by atoms with Crippen LogP contribution < -0.4 is 0 Å². The van der Waals surface area contributed by atoms with E-state index in [9.17, 15) is 4.79 Å². The summed E-state index contributed by atoms with van der Waals surface area (Å²) in [7, 11) is 0. The molecule has 1 aliphatic rings. The van der Waals surface area contributed by atoms with E-state index in [2.05, 4.69) is 16.5 Å². The Hall–Kier alpha value is -1.71. The molecule has 0 spiro atoms. The smallest absolute Gasteiger partial charge is 0.246 e. The zero-order valence-electron chi connectivity index (χ0n) is 9.17. The quantitative estimate of drug-likeness (QED) is 0.708. The number of carbonyl (C=O) groups is 1. The highest BCUT2D eigenvalue weighted by Gasteiger charge is 2.26. The maximum atomic E-state index is 11.7. The van der Waals surface area contributed by atoms with Crippen LogP contribution in [0.3, 0.4) is 0 Å². The molecule has 0 aromatic carbocycles. The lowest BCUT2D eigenvalue weighted by molar-refractivity contribution is -0.129. The van der Waals surface area contributed by atoms with Gasteiger partial charge in [-0.2, -0.15) is 0 Å². The molecule has 1 amide bonds. The van der Waals surface area contributed by atoms with E-state index in [4.69, 9.17) is 0 Å². The van der Waals surface area contributed by atoms with E-state index in [1.807, 2.05) is 4.90 Å². The molecule has 0 radical (unpaired) electrons. The van der Waals surface area contributed by atoms with Crippen LogP contribution in [0, 0.1) is 0 Å². The Balaban J connectivity index is 2.23. The van der Waals surface area contributed by atoms with E-state index in [1.165, 1.54) is 12.4 Å². The molecule has 0 bridgehead atoms. The lowest BCUT2D eigenvalue weighted by Crippen LogP contribution is -2.37. The lowest BCUT2D eigenvalue weighted by Gasteiger charge is -2.34. The van der Waals surface area contributed by atoms with Gasteiger partial charge in [0.25, 0.3) is 0 Å². The number of likely N-dealkylation sites (tertiary alicyclic amines) is 1. The summed E-state index contributed by atoms with van der Waals surface area (Å²) in [6, 6.07) is 0.112. The van der Waals surface area contributed by atoms with Gasteiger partial charge in [0.05, 0.1) is 6.04 Å². The van der Waals surface area contributed by atoms with Gasteiger partial charge in [0.2, 0.25) is 5.91 Å². The van der Waals surface area contributed by atoms with Crippen molar-refractivity contribution in [1.29, 1.82) is 0 Å². The zero-order valence-corrected chi connectivity index (χ0v) is 9.17. The third kappa shape index (κ3) is 2.10. The highest BCUT2D eigenvalue weighted by Crippen LogP contribution is 2.30. The number of hydrogen-bond acceptors (Lipinski definition) is 3. The predicted octanol–water partition coefficient (Wildman–Crippen LogP) is 1.72. The van der Waals surface area contributed by atoms with E-state index in [0.717, 1.165) is 31.4 Å². The average molecular weight is 217 g/mol. The summed E-state index contributed by atoms with van der Waals surface area (Å²) in [5.74, 6) is -0.00597. The summed E-state index contributed by atoms with van der Waals surface area (Å²) >= 11 is 0. The van der Waals surface area contributed by atoms with Crippen molar-refractivity contribution in [1.82, 2.24) is 14.9 Å². The molecule has 1 saturated heterocycles. The van der Waals surface area contributed by atoms with Crippen molar-refractivity contribution in [3.63, 3.8) is 0 Å². The summed E-state index contributed by atoms with van der Waals surface area (Å²) in [6.45, 7) is 4.34. The van der Waals surface area contributed by atoms with Gasteiger partial charge in [-0.1, -0.05) is 6.58 Å². The van der Waals surface area contributed by atoms with E-state index < -0.39 is 0 Å². The third-order valence-corrected chi connectivity index (χ3v) is 2.93. The lowest BCUT2D eigenvalue weighted by atomic mass is 9.97. The second-order valence-electron chi connectivity index (χ2n) is 3.92. The minimum absolute atomic E-state index is 0.00597. The van der Waals surface area contributed by atoms with Gasteiger partial charge in [-0.3, -0.25) is 4.79 Å². The van der Waals surface area contributed by atoms with Gasteiger partial charge in [0.1, 0.15) is 6.33 Å². The highest BCUT2D eigenvalue weighted by atomic mass is 16.2. The van der Waals surface area contributed by atoms with Crippen LogP contribution in [0.4, 0.5) is 0 Å². The molecule has 1 atom stereocenters. The summed E-state index contributed by atoms with van der Waals surface area (Å²) in [5.41, 5.74) is 1.01. The Morgan fingerprint density at radius 2 is 2.19 bits per heavy atom. The summed E-state index contributed by atoms with van der Waals surface area (Å²) in [5, 5.41) is 0. The Morgan fingerprint density at radius 1 is 1.44 bits per heavy atom. The molecule has 16 heavy (non-hydrogen) atoms. The molecular weight excluding hydrogens is 202 g/mol. The molecule has 0 N–H and O–H groups in total. The Morgan fingerprint density at radius 3 is 2.88 bits per heavy atom. The summed E-state index contributed by atoms with van der Waals surface area (Å²) < 4.78 is 0. The van der Waals surface area contributed by atoms with Gasteiger partial charge >= 0.3 is 0 Å². The number of nitrogens with zero attached hydrogens (tertiary/aromatic N) is 3. The normalized spacial score (nSPS) is 20.5. The average Bonchev–Trinajstić information content (AvgIpc) is 2.39. The molecular formula is C12H15N3O. The van der Waals surface area contributed by atoms with Gasteiger partial charge in [0.15, 0.2) is 0 Å². The summed E-state index contributed by atoms with van der Waals surface area (Å²) in [6.07, 6.45) is 9.63. The number of amides is 1. The SMILES string of the molecule is C=CC(=O)N1CCCCC1c1cncnc1. The predicted molar refractivity (Wildman–Crippen MR) is 60.5 cm³/mol. The topological polar surface area (TPSA) is 46.1 Å². The Kier molecular flexibility index (Phi) is 3.29. The van der Waals surface area contributed by atoms with Crippen LogP contribution in [0.25, 0.3) is 0 Å². The molecule has 4 heteroatoms. The van der Waals surface area contributed by atoms with Gasteiger partial charge in [-0.25, -0.2) is 9.97 Å². The molecule has 1 unspecified atom stereocenters. The molecule has 1 aliphatic heterocycles. The first-order valence-corrected chi connectivity index (χ1v) is 5.51. The number of rotatable bonds is 2. The molecule has 1 fully saturated rings. The molecule has 1 aromatic heterocycles. The number of carbonyl (C=O) groups excluding carboxylic acids is 1. The van der Waals surface area contributed by atoms with Crippen molar-refractivity contribution in [2.24, 2.45) is 0 Å². The van der Waals surface area contributed by atoms with Crippen LogP contribution in [0.2, 0.25) is 0 Å². The second-order valence-corrected chi connectivity index (χ2v) is 3.92. The van der Waals surface area contributed by atoms with Crippen LogP contribution in [0.5, 0.6) is 0 Å². The van der Waals surface area contributed by atoms with E-state index in [0.29, 0.717) is 0 Å². The largest absolute Gasteiger partial charge is 0.332 e.